The Morgan fingerprint density at radius 3 is 2.81 bits per heavy atom. The molecule has 1 aromatic carbocycles. The summed E-state index contributed by atoms with van der Waals surface area (Å²) in [4.78, 5) is 16.3. The van der Waals surface area contributed by atoms with E-state index in [-0.39, 0.29) is 11.7 Å². The zero-order valence-corrected chi connectivity index (χ0v) is 12.3. The summed E-state index contributed by atoms with van der Waals surface area (Å²) in [6, 6.07) is 6.34. The van der Waals surface area contributed by atoms with Crippen LogP contribution in [0.4, 0.5) is 4.39 Å². The minimum absolute atomic E-state index is 0.122. The van der Waals surface area contributed by atoms with Gasteiger partial charge in [-0.2, -0.15) is 0 Å². The number of aromatic nitrogens is 1. The molecule has 1 aliphatic heterocycles. The van der Waals surface area contributed by atoms with Crippen LogP contribution in [0.5, 0.6) is 0 Å². The predicted octanol–water partition coefficient (Wildman–Crippen LogP) is 1.82. The van der Waals surface area contributed by atoms with E-state index in [1.54, 1.807) is 17.5 Å². The van der Waals surface area contributed by atoms with E-state index in [1.807, 2.05) is 0 Å². The number of carbonyl (C=O) groups excluding carboxylic acids is 1. The van der Waals surface area contributed by atoms with Crippen LogP contribution in [-0.4, -0.2) is 30.5 Å². The average molecular weight is 305 g/mol. The first-order valence-electron chi connectivity index (χ1n) is 6.88. The Morgan fingerprint density at radius 2 is 2.14 bits per heavy atom. The highest BCUT2D eigenvalue weighted by Gasteiger charge is 2.18. The molecule has 1 fully saturated rings. The van der Waals surface area contributed by atoms with Crippen molar-refractivity contribution in [3.63, 3.8) is 0 Å². The Morgan fingerprint density at radius 1 is 1.38 bits per heavy atom. The summed E-state index contributed by atoms with van der Waals surface area (Å²) >= 11 is 1.45. The first-order chi connectivity index (χ1) is 10.2. The average Bonchev–Trinajstić information content (AvgIpc) is 2.88. The first kappa shape index (κ1) is 14.2. The van der Waals surface area contributed by atoms with Crippen LogP contribution < -0.4 is 10.6 Å². The van der Waals surface area contributed by atoms with Gasteiger partial charge in [0.05, 0.1) is 5.01 Å². The molecule has 2 heterocycles. The molecular formula is C15H16FN3OS. The molecule has 3 rings (SSSR count). The molecule has 6 heteroatoms. The summed E-state index contributed by atoms with van der Waals surface area (Å²) in [5.41, 5.74) is 1.45. The third-order valence-corrected chi connectivity index (χ3v) is 4.32. The fourth-order valence-electron chi connectivity index (χ4n) is 2.09. The van der Waals surface area contributed by atoms with Crippen molar-refractivity contribution >= 4 is 17.2 Å². The zero-order valence-electron chi connectivity index (χ0n) is 11.4. The van der Waals surface area contributed by atoms with E-state index in [0.29, 0.717) is 24.6 Å². The molecule has 2 N–H and O–H groups in total. The van der Waals surface area contributed by atoms with Crippen LogP contribution in [0.3, 0.4) is 0 Å². The Kier molecular flexibility index (Phi) is 4.26. The summed E-state index contributed by atoms with van der Waals surface area (Å²) in [5, 5.41) is 8.70. The topological polar surface area (TPSA) is 54.0 Å². The Bertz CT molecular complexity index is 622. The number of thiazole rings is 1. The molecule has 110 valence electrons. The number of rotatable bonds is 5. The van der Waals surface area contributed by atoms with Gasteiger partial charge < -0.3 is 10.6 Å². The maximum absolute atomic E-state index is 12.8. The molecule has 0 spiro atoms. The van der Waals surface area contributed by atoms with Gasteiger partial charge in [0.25, 0.3) is 5.91 Å². The fraction of sp³-hybridized carbons (Fsp3) is 0.333. The van der Waals surface area contributed by atoms with Crippen molar-refractivity contribution in [3.05, 3.63) is 51.7 Å². The molecule has 1 amide bonds. The van der Waals surface area contributed by atoms with Gasteiger partial charge in [-0.1, -0.05) is 12.1 Å². The largest absolute Gasteiger partial charge is 0.350 e. The quantitative estimate of drug-likeness (QED) is 0.886. The van der Waals surface area contributed by atoms with Crippen LogP contribution >= 0.6 is 11.3 Å². The van der Waals surface area contributed by atoms with Gasteiger partial charge in [0.2, 0.25) is 0 Å². The highest BCUT2D eigenvalue weighted by atomic mass is 32.1. The summed E-state index contributed by atoms with van der Waals surface area (Å²) in [6.45, 7) is 2.62. The van der Waals surface area contributed by atoms with Crippen molar-refractivity contribution in [1.29, 1.82) is 0 Å². The Hall–Kier alpha value is -1.79. The molecule has 0 radical (unpaired) electrons. The number of hydrogen-bond donors (Lipinski definition) is 2. The molecule has 0 atom stereocenters. The highest BCUT2D eigenvalue weighted by molar-refractivity contribution is 7.09. The van der Waals surface area contributed by atoms with Crippen LogP contribution in [0.25, 0.3) is 0 Å². The SMILES string of the molecule is O=C(NCC1CNC1)c1csc(Cc2ccc(F)cc2)n1. The summed E-state index contributed by atoms with van der Waals surface area (Å²) < 4.78 is 12.8. The maximum Gasteiger partial charge on any atom is 0.270 e. The third-order valence-electron chi connectivity index (χ3n) is 3.47. The smallest absolute Gasteiger partial charge is 0.270 e. The number of benzene rings is 1. The van der Waals surface area contributed by atoms with Crippen molar-refractivity contribution in [2.75, 3.05) is 19.6 Å². The number of halogens is 1. The van der Waals surface area contributed by atoms with Gasteiger partial charge in [-0.15, -0.1) is 11.3 Å². The number of amides is 1. The Balaban J connectivity index is 1.57. The normalized spacial score (nSPS) is 14.7. The van der Waals surface area contributed by atoms with Crippen molar-refractivity contribution in [3.8, 4) is 0 Å². The second-order valence-electron chi connectivity index (χ2n) is 5.16. The van der Waals surface area contributed by atoms with Gasteiger partial charge in [0, 0.05) is 37.4 Å². The van der Waals surface area contributed by atoms with E-state index in [0.717, 1.165) is 23.7 Å². The molecule has 0 unspecified atom stereocenters. The molecule has 2 aromatic rings. The van der Waals surface area contributed by atoms with Gasteiger partial charge in [0.15, 0.2) is 0 Å². The maximum atomic E-state index is 12.8. The van der Waals surface area contributed by atoms with Crippen molar-refractivity contribution in [2.45, 2.75) is 6.42 Å². The summed E-state index contributed by atoms with van der Waals surface area (Å²) in [6.07, 6.45) is 0.616. The summed E-state index contributed by atoms with van der Waals surface area (Å²) in [5.74, 6) is 0.165. The van der Waals surface area contributed by atoms with Crippen LogP contribution in [0.15, 0.2) is 29.6 Å². The van der Waals surface area contributed by atoms with Crippen molar-refractivity contribution < 1.29 is 9.18 Å². The second-order valence-corrected chi connectivity index (χ2v) is 6.11. The monoisotopic (exact) mass is 305 g/mol. The molecule has 1 saturated heterocycles. The first-order valence-corrected chi connectivity index (χ1v) is 7.76. The lowest BCUT2D eigenvalue weighted by atomic mass is 10.0. The number of hydrogen-bond acceptors (Lipinski definition) is 4. The highest BCUT2D eigenvalue weighted by Crippen LogP contribution is 2.15. The third kappa shape index (κ3) is 3.65. The fourth-order valence-corrected chi connectivity index (χ4v) is 2.90. The molecule has 1 aromatic heterocycles. The predicted molar refractivity (Wildman–Crippen MR) is 80.0 cm³/mol. The van der Waals surface area contributed by atoms with Crippen LogP contribution in [0.1, 0.15) is 21.1 Å². The van der Waals surface area contributed by atoms with Crippen molar-refractivity contribution in [2.24, 2.45) is 5.92 Å². The van der Waals surface area contributed by atoms with E-state index in [1.165, 1.54) is 23.5 Å². The van der Waals surface area contributed by atoms with E-state index < -0.39 is 0 Å². The van der Waals surface area contributed by atoms with Gasteiger partial charge in [-0.05, 0) is 17.7 Å². The number of nitrogens with one attached hydrogen (secondary N) is 2. The van der Waals surface area contributed by atoms with Gasteiger partial charge >= 0.3 is 0 Å². The van der Waals surface area contributed by atoms with E-state index in [9.17, 15) is 9.18 Å². The molecule has 4 nitrogen and oxygen atoms in total. The molecule has 0 aliphatic carbocycles. The van der Waals surface area contributed by atoms with E-state index in [2.05, 4.69) is 15.6 Å². The molecule has 0 bridgehead atoms. The summed E-state index contributed by atoms with van der Waals surface area (Å²) in [7, 11) is 0. The van der Waals surface area contributed by atoms with Gasteiger partial charge in [0.1, 0.15) is 11.5 Å². The zero-order chi connectivity index (χ0) is 14.7. The molecular weight excluding hydrogens is 289 g/mol. The molecule has 21 heavy (non-hydrogen) atoms. The lowest BCUT2D eigenvalue weighted by Crippen LogP contribution is -2.48. The van der Waals surface area contributed by atoms with E-state index >= 15 is 0 Å². The van der Waals surface area contributed by atoms with Crippen molar-refractivity contribution in [1.82, 2.24) is 15.6 Å². The van der Waals surface area contributed by atoms with Crippen LogP contribution in [0, 0.1) is 11.7 Å². The lowest BCUT2D eigenvalue weighted by molar-refractivity contribution is 0.0937. The minimum Gasteiger partial charge on any atom is -0.350 e. The van der Waals surface area contributed by atoms with Crippen LogP contribution in [0.2, 0.25) is 0 Å². The lowest BCUT2D eigenvalue weighted by Gasteiger charge is -2.26. The van der Waals surface area contributed by atoms with Gasteiger partial charge in [-0.25, -0.2) is 9.37 Å². The Labute approximate surface area is 126 Å². The number of nitrogens with zero attached hydrogens (tertiary/aromatic N) is 1. The minimum atomic E-state index is -0.247. The molecule has 1 aliphatic rings. The van der Waals surface area contributed by atoms with Crippen LogP contribution in [-0.2, 0) is 6.42 Å². The second kappa shape index (κ2) is 6.32. The van der Waals surface area contributed by atoms with E-state index in [4.69, 9.17) is 0 Å². The van der Waals surface area contributed by atoms with Gasteiger partial charge in [-0.3, -0.25) is 4.79 Å². The standard InChI is InChI=1S/C15H16FN3OS/c16-12-3-1-10(2-4-12)5-14-19-13(9-21-14)15(20)18-8-11-6-17-7-11/h1-4,9,11,17H,5-8H2,(H,18,20). The molecule has 0 saturated carbocycles. The number of carbonyl (C=O) groups is 1.